The Kier molecular flexibility index (Phi) is 6.72. The van der Waals surface area contributed by atoms with Crippen molar-refractivity contribution >= 4 is 24.2 Å². The van der Waals surface area contributed by atoms with Gasteiger partial charge in [-0.15, -0.1) is 12.4 Å². The van der Waals surface area contributed by atoms with Gasteiger partial charge in [0.25, 0.3) is 5.91 Å². The number of rotatable bonds is 3. The maximum Gasteiger partial charge on any atom is 0.257 e. The lowest BCUT2D eigenvalue weighted by Crippen LogP contribution is -2.57. The van der Waals surface area contributed by atoms with Crippen LogP contribution in [0.15, 0.2) is 12.5 Å². The SMILES string of the molecule is CC(C)c1ncncc1C(=O)N1CCCC(N2CCNCC2=O)C1.Cl. The summed E-state index contributed by atoms with van der Waals surface area (Å²) >= 11 is 0. The van der Waals surface area contributed by atoms with Gasteiger partial charge >= 0.3 is 0 Å². The number of piperazine rings is 1. The summed E-state index contributed by atoms with van der Waals surface area (Å²) in [5.74, 6) is 0.278. The minimum absolute atomic E-state index is 0. The number of likely N-dealkylation sites (tertiary alicyclic amines) is 1. The molecule has 0 bridgehead atoms. The number of hydrogen-bond donors (Lipinski definition) is 1. The molecular formula is C17H26ClN5O2. The van der Waals surface area contributed by atoms with E-state index in [0.717, 1.165) is 38.2 Å². The van der Waals surface area contributed by atoms with E-state index in [1.165, 1.54) is 6.33 Å². The molecule has 1 unspecified atom stereocenters. The lowest BCUT2D eigenvalue weighted by molar-refractivity contribution is -0.135. The Morgan fingerprint density at radius 1 is 1.36 bits per heavy atom. The molecule has 0 aromatic carbocycles. The minimum atomic E-state index is -0.0217. The summed E-state index contributed by atoms with van der Waals surface area (Å²) in [6.07, 6.45) is 4.98. The molecule has 2 fully saturated rings. The molecule has 7 nitrogen and oxygen atoms in total. The first-order valence-electron chi connectivity index (χ1n) is 8.67. The van der Waals surface area contributed by atoms with E-state index in [-0.39, 0.29) is 36.2 Å². The monoisotopic (exact) mass is 367 g/mol. The molecule has 1 aromatic heterocycles. The van der Waals surface area contributed by atoms with Crippen LogP contribution in [0.25, 0.3) is 0 Å². The van der Waals surface area contributed by atoms with E-state index in [1.807, 2.05) is 23.6 Å². The molecule has 2 saturated heterocycles. The number of amides is 2. The van der Waals surface area contributed by atoms with Crippen molar-refractivity contribution in [3.8, 4) is 0 Å². The van der Waals surface area contributed by atoms with Crippen LogP contribution in [-0.4, -0.2) is 70.3 Å². The molecule has 25 heavy (non-hydrogen) atoms. The van der Waals surface area contributed by atoms with E-state index in [4.69, 9.17) is 0 Å². The summed E-state index contributed by atoms with van der Waals surface area (Å²) in [5.41, 5.74) is 1.37. The molecule has 0 aliphatic carbocycles. The lowest BCUT2D eigenvalue weighted by Gasteiger charge is -2.41. The largest absolute Gasteiger partial charge is 0.336 e. The van der Waals surface area contributed by atoms with Crippen molar-refractivity contribution in [3.63, 3.8) is 0 Å². The second-order valence-corrected chi connectivity index (χ2v) is 6.79. The van der Waals surface area contributed by atoms with Gasteiger partial charge in [0.1, 0.15) is 6.33 Å². The second kappa shape index (κ2) is 8.58. The molecule has 3 rings (SSSR count). The summed E-state index contributed by atoms with van der Waals surface area (Å²) < 4.78 is 0. The fourth-order valence-electron chi connectivity index (χ4n) is 3.54. The topological polar surface area (TPSA) is 78.4 Å². The van der Waals surface area contributed by atoms with Gasteiger partial charge in [-0.25, -0.2) is 9.97 Å². The van der Waals surface area contributed by atoms with Crippen LogP contribution in [0, 0.1) is 0 Å². The van der Waals surface area contributed by atoms with Gasteiger partial charge in [-0.3, -0.25) is 9.59 Å². The van der Waals surface area contributed by atoms with Gasteiger partial charge in [-0.2, -0.15) is 0 Å². The minimum Gasteiger partial charge on any atom is -0.336 e. The molecule has 1 aromatic rings. The summed E-state index contributed by atoms with van der Waals surface area (Å²) in [5, 5.41) is 3.10. The van der Waals surface area contributed by atoms with Gasteiger partial charge in [0.15, 0.2) is 0 Å². The van der Waals surface area contributed by atoms with Crippen LogP contribution in [0.4, 0.5) is 0 Å². The first-order chi connectivity index (χ1) is 11.6. The Balaban J connectivity index is 0.00000225. The van der Waals surface area contributed by atoms with Crippen molar-refractivity contribution in [3.05, 3.63) is 23.8 Å². The highest BCUT2D eigenvalue weighted by atomic mass is 35.5. The smallest absolute Gasteiger partial charge is 0.257 e. The number of hydrogen-bond acceptors (Lipinski definition) is 5. The zero-order valence-electron chi connectivity index (χ0n) is 14.8. The van der Waals surface area contributed by atoms with Gasteiger partial charge < -0.3 is 15.1 Å². The van der Waals surface area contributed by atoms with Crippen molar-refractivity contribution in [2.24, 2.45) is 0 Å². The molecule has 3 heterocycles. The summed E-state index contributed by atoms with van der Waals surface area (Å²) in [6, 6.07) is 0.115. The van der Waals surface area contributed by atoms with Crippen molar-refractivity contribution in [1.82, 2.24) is 25.1 Å². The van der Waals surface area contributed by atoms with Gasteiger partial charge in [0, 0.05) is 38.4 Å². The van der Waals surface area contributed by atoms with E-state index in [0.29, 0.717) is 18.7 Å². The summed E-state index contributed by atoms with van der Waals surface area (Å²) in [6.45, 7) is 7.31. The highest BCUT2D eigenvalue weighted by molar-refractivity contribution is 5.95. The van der Waals surface area contributed by atoms with Gasteiger partial charge in [0.05, 0.1) is 17.8 Å². The Hall–Kier alpha value is -1.73. The highest BCUT2D eigenvalue weighted by Gasteiger charge is 2.32. The van der Waals surface area contributed by atoms with Crippen molar-refractivity contribution in [1.29, 1.82) is 0 Å². The molecule has 2 aliphatic heterocycles. The zero-order valence-corrected chi connectivity index (χ0v) is 15.6. The third-order valence-corrected chi connectivity index (χ3v) is 4.77. The fourth-order valence-corrected chi connectivity index (χ4v) is 3.54. The highest BCUT2D eigenvalue weighted by Crippen LogP contribution is 2.22. The number of halogens is 1. The normalized spacial score (nSPS) is 21.2. The Morgan fingerprint density at radius 3 is 2.88 bits per heavy atom. The third kappa shape index (κ3) is 4.27. The van der Waals surface area contributed by atoms with Crippen molar-refractivity contribution < 1.29 is 9.59 Å². The number of aromatic nitrogens is 2. The molecule has 0 spiro atoms. The standard InChI is InChI=1S/C17H25N5O2.ClH/c1-12(2)16-14(8-19-11-20-16)17(24)21-6-3-4-13(10-21)22-7-5-18-9-15(22)23;/h8,11-13,18H,3-7,9-10H2,1-2H3;1H. The zero-order chi connectivity index (χ0) is 17.1. The van der Waals surface area contributed by atoms with Gasteiger partial charge in [0.2, 0.25) is 5.91 Å². The second-order valence-electron chi connectivity index (χ2n) is 6.79. The molecule has 2 aliphatic rings. The number of carbonyl (C=O) groups is 2. The summed E-state index contributed by atoms with van der Waals surface area (Å²) in [7, 11) is 0. The Morgan fingerprint density at radius 2 is 2.16 bits per heavy atom. The Bertz CT molecular complexity index is 625. The molecule has 138 valence electrons. The summed E-state index contributed by atoms with van der Waals surface area (Å²) in [4.78, 5) is 37.2. The van der Waals surface area contributed by atoms with Gasteiger partial charge in [-0.05, 0) is 18.8 Å². The maximum atomic E-state index is 13.0. The number of nitrogens with zero attached hydrogens (tertiary/aromatic N) is 4. The molecule has 2 amide bonds. The molecular weight excluding hydrogens is 342 g/mol. The predicted molar refractivity (Wildman–Crippen MR) is 96.9 cm³/mol. The molecule has 0 radical (unpaired) electrons. The average Bonchev–Trinajstić information content (AvgIpc) is 2.61. The first kappa shape index (κ1) is 19.6. The quantitative estimate of drug-likeness (QED) is 0.864. The number of piperidine rings is 1. The van der Waals surface area contributed by atoms with Crippen LogP contribution in [0.2, 0.25) is 0 Å². The van der Waals surface area contributed by atoms with E-state index >= 15 is 0 Å². The van der Waals surface area contributed by atoms with Crippen LogP contribution >= 0.6 is 12.4 Å². The fraction of sp³-hybridized carbons (Fsp3) is 0.647. The third-order valence-electron chi connectivity index (χ3n) is 4.77. The van der Waals surface area contributed by atoms with Crippen LogP contribution in [-0.2, 0) is 4.79 Å². The molecule has 0 saturated carbocycles. The van der Waals surface area contributed by atoms with Crippen LogP contribution in [0.3, 0.4) is 0 Å². The van der Waals surface area contributed by atoms with Crippen LogP contribution < -0.4 is 5.32 Å². The lowest BCUT2D eigenvalue weighted by atomic mass is 10.00. The van der Waals surface area contributed by atoms with Crippen molar-refractivity contribution in [2.75, 3.05) is 32.7 Å². The number of carbonyl (C=O) groups excluding carboxylic acids is 2. The van der Waals surface area contributed by atoms with Crippen LogP contribution in [0.1, 0.15) is 48.7 Å². The van der Waals surface area contributed by atoms with E-state index in [2.05, 4.69) is 15.3 Å². The number of nitrogens with one attached hydrogen (secondary N) is 1. The molecule has 1 N–H and O–H groups in total. The van der Waals surface area contributed by atoms with Crippen LogP contribution in [0.5, 0.6) is 0 Å². The molecule has 8 heteroatoms. The molecule has 1 atom stereocenters. The predicted octanol–water partition coefficient (Wildman–Crippen LogP) is 1.06. The van der Waals surface area contributed by atoms with Gasteiger partial charge in [-0.1, -0.05) is 13.8 Å². The Labute approximate surface area is 154 Å². The maximum absolute atomic E-state index is 13.0. The van der Waals surface area contributed by atoms with E-state index in [1.54, 1.807) is 6.20 Å². The first-order valence-corrected chi connectivity index (χ1v) is 8.67. The van der Waals surface area contributed by atoms with Crippen molar-refractivity contribution in [2.45, 2.75) is 38.6 Å². The van der Waals surface area contributed by atoms with E-state index < -0.39 is 0 Å². The average molecular weight is 368 g/mol. The van der Waals surface area contributed by atoms with E-state index in [9.17, 15) is 9.59 Å².